The zero-order valence-corrected chi connectivity index (χ0v) is 14.0. The first-order valence-corrected chi connectivity index (χ1v) is 8.58. The predicted octanol–water partition coefficient (Wildman–Crippen LogP) is 4.60. The zero-order chi connectivity index (χ0) is 15.6. The molecule has 0 N–H and O–H groups in total. The molecule has 6 heteroatoms. The van der Waals surface area contributed by atoms with E-state index in [1.54, 1.807) is 24.3 Å². The third-order valence-corrected chi connectivity index (χ3v) is 5.67. The highest BCUT2D eigenvalue weighted by molar-refractivity contribution is 7.92. The Morgan fingerprint density at radius 2 is 1.57 bits per heavy atom. The van der Waals surface area contributed by atoms with E-state index in [-0.39, 0.29) is 16.0 Å². The Morgan fingerprint density at radius 3 is 2.10 bits per heavy atom. The minimum atomic E-state index is -3.70. The van der Waals surface area contributed by atoms with Crippen molar-refractivity contribution in [2.24, 2.45) is 0 Å². The lowest BCUT2D eigenvalue weighted by Crippen LogP contribution is -2.37. The Balaban J connectivity index is 2.56. The molecule has 0 aliphatic carbocycles. The maximum Gasteiger partial charge on any atom is 0.264 e. The number of hydrogen-bond acceptors (Lipinski definition) is 2. The summed E-state index contributed by atoms with van der Waals surface area (Å²) in [4.78, 5) is 0.120. The van der Waals surface area contributed by atoms with Gasteiger partial charge in [-0.1, -0.05) is 41.4 Å². The highest BCUT2D eigenvalue weighted by Crippen LogP contribution is 2.30. The van der Waals surface area contributed by atoms with Crippen LogP contribution in [0, 0.1) is 0 Å². The first-order valence-electron chi connectivity index (χ1n) is 6.38. The third kappa shape index (κ3) is 3.34. The molecule has 0 spiro atoms. The van der Waals surface area contributed by atoms with Crippen LogP contribution >= 0.6 is 23.2 Å². The maximum absolute atomic E-state index is 12.9. The van der Waals surface area contributed by atoms with Crippen LogP contribution in [0.2, 0.25) is 10.0 Å². The molecule has 0 unspecified atom stereocenters. The first-order chi connectivity index (χ1) is 9.84. The largest absolute Gasteiger partial charge is 0.264 e. The summed E-state index contributed by atoms with van der Waals surface area (Å²) in [5.74, 6) is 0. The van der Waals surface area contributed by atoms with Crippen molar-refractivity contribution in [3.8, 4) is 0 Å². The molecule has 0 aromatic heterocycles. The van der Waals surface area contributed by atoms with Gasteiger partial charge in [-0.05, 0) is 44.2 Å². The monoisotopic (exact) mass is 343 g/mol. The first kappa shape index (κ1) is 16.1. The summed E-state index contributed by atoms with van der Waals surface area (Å²) < 4.78 is 27.1. The van der Waals surface area contributed by atoms with Gasteiger partial charge in [-0.2, -0.15) is 0 Å². The molecular weight excluding hydrogens is 329 g/mol. The lowest BCUT2D eigenvalue weighted by molar-refractivity contribution is 0.584. The lowest BCUT2D eigenvalue weighted by atomic mass is 10.3. The van der Waals surface area contributed by atoms with Gasteiger partial charge in [0.15, 0.2) is 0 Å². The summed E-state index contributed by atoms with van der Waals surface area (Å²) in [5, 5.41) is 0.543. The summed E-state index contributed by atoms with van der Waals surface area (Å²) >= 11 is 11.8. The van der Waals surface area contributed by atoms with Gasteiger partial charge in [-0.25, -0.2) is 8.42 Å². The predicted molar refractivity (Wildman–Crippen MR) is 87.7 cm³/mol. The number of benzene rings is 2. The number of rotatable bonds is 4. The Hall–Kier alpha value is -1.23. The van der Waals surface area contributed by atoms with E-state index in [0.717, 1.165) is 0 Å². The fourth-order valence-electron chi connectivity index (χ4n) is 2.04. The van der Waals surface area contributed by atoms with Gasteiger partial charge in [0, 0.05) is 6.04 Å². The lowest BCUT2D eigenvalue weighted by Gasteiger charge is -2.28. The minimum Gasteiger partial charge on any atom is -0.264 e. The fourth-order valence-corrected chi connectivity index (χ4v) is 4.09. The number of sulfonamides is 1. The van der Waals surface area contributed by atoms with Crippen molar-refractivity contribution in [1.82, 2.24) is 0 Å². The summed E-state index contributed by atoms with van der Waals surface area (Å²) in [6.07, 6.45) is 0. The molecule has 0 aliphatic rings. The van der Waals surface area contributed by atoms with Crippen LogP contribution in [0.5, 0.6) is 0 Å². The van der Waals surface area contributed by atoms with Crippen molar-refractivity contribution in [2.75, 3.05) is 4.31 Å². The van der Waals surface area contributed by atoms with Gasteiger partial charge in [0.25, 0.3) is 10.0 Å². The molecule has 112 valence electrons. The summed E-state index contributed by atoms with van der Waals surface area (Å²) in [5.41, 5.74) is 0.610. The summed E-state index contributed by atoms with van der Waals surface area (Å²) in [6.45, 7) is 3.64. The van der Waals surface area contributed by atoms with Gasteiger partial charge < -0.3 is 0 Å². The van der Waals surface area contributed by atoms with E-state index in [2.05, 4.69) is 0 Å². The smallest absolute Gasteiger partial charge is 0.264 e. The number of hydrogen-bond donors (Lipinski definition) is 0. The average molecular weight is 344 g/mol. The minimum absolute atomic E-state index is 0.120. The third-order valence-electron chi connectivity index (χ3n) is 2.93. The van der Waals surface area contributed by atoms with Crippen molar-refractivity contribution in [2.45, 2.75) is 24.8 Å². The highest BCUT2D eigenvalue weighted by atomic mass is 35.5. The molecule has 2 rings (SSSR count). The van der Waals surface area contributed by atoms with Gasteiger partial charge in [0.2, 0.25) is 0 Å². The van der Waals surface area contributed by atoms with E-state index in [4.69, 9.17) is 23.2 Å². The topological polar surface area (TPSA) is 37.4 Å². The van der Waals surface area contributed by atoms with E-state index < -0.39 is 10.0 Å². The average Bonchev–Trinajstić information content (AvgIpc) is 2.42. The molecule has 0 amide bonds. The van der Waals surface area contributed by atoms with Gasteiger partial charge >= 0.3 is 0 Å². The summed E-state index contributed by atoms with van der Waals surface area (Å²) in [6, 6.07) is 13.0. The van der Waals surface area contributed by atoms with Crippen LogP contribution in [0.1, 0.15) is 13.8 Å². The van der Waals surface area contributed by atoms with Gasteiger partial charge in [-0.3, -0.25) is 4.31 Å². The van der Waals surface area contributed by atoms with E-state index in [0.29, 0.717) is 10.7 Å². The standard InChI is InChI=1S/C15H15Cl2NO2S/c1-11(2)18(12-6-4-3-5-7-12)21(19,20)13-8-9-14(16)15(17)10-13/h3-11H,1-2H3. The molecule has 21 heavy (non-hydrogen) atoms. The Labute approximate surface area is 135 Å². The SMILES string of the molecule is CC(C)N(c1ccccc1)S(=O)(=O)c1ccc(Cl)c(Cl)c1. The Morgan fingerprint density at radius 1 is 0.952 bits per heavy atom. The van der Waals surface area contributed by atoms with Crippen LogP contribution < -0.4 is 4.31 Å². The van der Waals surface area contributed by atoms with Crippen LogP contribution in [-0.4, -0.2) is 14.5 Å². The molecule has 0 bridgehead atoms. The molecule has 0 heterocycles. The molecule has 3 nitrogen and oxygen atoms in total. The van der Waals surface area contributed by atoms with Crippen molar-refractivity contribution < 1.29 is 8.42 Å². The molecule has 0 atom stereocenters. The molecule has 0 saturated heterocycles. The highest BCUT2D eigenvalue weighted by Gasteiger charge is 2.27. The number of para-hydroxylation sites is 1. The van der Waals surface area contributed by atoms with Gasteiger partial charge in [-0.15, -0.1) is 0 Å². The van der Waals surface area contributed by atoms with Crippen molar-refractivity contribution in [3.05, 3.63) is 58.6 Å². The van der Waals surface area contributed by atoms with E-state index in [1.807, 2.05) is 19.9 Å². The molecule has 2 aromatic rings. The molecule has 0 radical (unpaired) electrons. The van der Waals surface area contributed by atoms with Crippen molar-refractivity contribution in [1.29, 1.82) is 0 Å². The zero-order valence-electron chi connectivity index (χ0n) is 11.6. The van der Waals surface area contributed by atoms with Crippen LogP contribution in [0.25, 0.3) is 0 Å². The van der Waals surface area contributed by atoms with E-state index in [9.17, 15) is 8.42 Å². The quantitative estimate of drug-likeness (QED) is 0.813. The second kappa shape index (κ2) is 6.26. The molecule has 0 saturated carbocycles. The maximum atomic E-state index is 12.9. The molecular formula is C15H15Cl2NO2S. The molecule has 0 aliphatic heterocycles. The number of anilines is 1. The van der Waals surface area contributed by atoms with Crippen molar-refractivity contribution in [3.63, 3.8) is 0 Å². The second-order valence-corrected chi connectivity index (χ2v) is 7.44. The van der Waals surface area contributed by atoms with Gasteiger partial charge in [0.1, 0.15) is 0 Å². The number of nitrogens with zero attached hydrogens (tertiary/aromatic N) is 1. The normalized spacial score (nSPS) is 11.7. The fraction of sp³-hybridized carbons (Fsp3) is 0.200. The number of halogens is 2. The molecule has 2 aromatic carbocycles. The van der Waals surface area contributed by atoms with Crippen LogP contribution in [-0.2, 0) is 10.0 Å². The van der Waals surface area contributed by atoms with E-state index in [1.165, 1.54) is 22.5 Å². The van der Waals surface area contributed by atoms with Crippen molar-refractivity contribution >= 4 is 38.9 Å². The van der Waals surface area contributed by atoms with Crippen LogP contribution in [0.4, 0.5) is 5.69 Å². The molecule has 0 fully saturated rings. The van der Waals surface area contributed by atoms with Crippen LogP contribution in [0.15, 0.2) is 53.4 Å². The summed E-state index contributed by atoms with van der Waals surface area (Å²) in [7, 11) is -3.70. The van der Waals surface area contributed by atoms with Gasteiger partial charge in [0.05, 0.1) is 20.6 Å². The Bertz CT molecular complexity index is 731. The Kier molecular flexibility index (Phi) is 4.81. The second-order valence-electron chi connectivity index (χ2n) is 4.81. The van der Waals surface area contributed by atoms with E-state index >= 15 is 0 Å². The van der Waals surface area contributed by atoms with Crippen LogP contribution in [0.3, 0.4) is 0 Å².